The van der Waals surface area contributed by atoms with E-state index in [9.17, 15) is 13.2 Å². The molecule has 2 aromatic carbocycles. The van der Waals surface area contributed by atoms with Crippen molar-refractivity contribution in [3.63, 3.8) is 0 Å². The number of hydrogen-bond donors (Lipinski definition) is 0. The highest BCUT2D eigenvalue weighted by Gasteiger charge is 2.30. The van der Waals surface area contributed by atoms with E-state index in [1.54, 1.807) is 12.1 Å². The van der Waals surface area contributed by atoms with Crippen molar-refractivity contribution in [3.05, 3.63) is 65.0 Å². The van der Waals surface area contributed by atoms with E-state index in [0.717, 1.165) is 52.3 Å². The highest BCUT2D eigenvalue weighted by molar-refractivity contribution is 5.68. The maximum absolute atomic E-state index is 12.3. The molecule has 0 unspecified atom stereocenters. The molecule has 0 radical (unpaired) electrons. The molecular formula is C22H22F3NO3. The van der Waals surface area contributed by atoms with Gasteiger partial charge in [0.05, 0.1) is 12.3 Å². The second-order valence-corrected chi connectivity index (χ2v) is 6.90. The van der Waals surface area contributed by atoms with E-state index in [2.05, 4.69) is 9.89 Å². The lowest BCUT2D eigenvalue weighted by atomic mass is 9.99. The number of rotatable bonds is 7. The van der Waals surface area contributed by atoms with E-state index < -0.39 is 6.36 Å². The number of nitrogens with zero attached hydrogens (tertiary/aromatic N) is 1. The van der Waals surface area contributed by atoms with Gasteiger partial charge in [-0.1, -0.05) is 17.3 Å². The Morgan fingerprint density at radius 3 is 2.14 bits per heavy atom. The summed E-state index contributed by atoms with van der Waals surface area (Å²) in [5.41, 5.74) is 4.50. The van der Waals surface area contributed by atoms with Crippen LogP contribution in [0.5, 0.6) is 11.5 Å². The van der Waals surface area contributed by atoms with Crippen LogP contribution < -0.4 is 9.47 Å². The average molecular weight is 405 g/mol. The number of ether oxygens (including phenoxy) is 2. The summed E-state index contributed by atoms with van der Waals surface area (Å²) in [6, 6.07) is 11.7. The monoisotopic (exact) mass is 405 g/mol. The van der Waals surface area contributed by atoms with Crippen LogP contribution in [0.1, 0.15) is 29.0 Å². The SMILES string of the molecule is Cc1cc(CCCOc2c(C)cc(-c3ccc(OC(F)(F)F)cc3)cc2C)on1. The van der Waals surface area contributed by atoms with Gasteiger partial charge in [-0.15, -0.1) is 13.2 Å². The van der Waals surface area contributed by atoms with Gasteiger partial charge in [0.1, 0.15) is 17.3 Å². The Balaban J connectivity index is 1.64. The van der Waals surface area contributed by atoms with Crippen molar-refractivity contribution in [2.24, 2.45) is 0 Å². The van der Waals surface area contributed by atoms with Crippen LogP contribution in [0.15, 0.2) is 47.0 Å². The molecule has 7 heteroatoms. The molecule has 0 atom stereocenters. The predicted octanol–water partition coefficient (Wildman–Crippen LogP) is 6.18. The number of halogens is 3. The molecular weight excluding hydrogens is 383 g/mol. The Kier molecular flexibility index (Phi) is 6.15. The van der Waals surface area contributed by atoms with Gasteiger partial charge in [-0.2, -0.15) is 0 Å². The Morgan fingerprint density at radius 1 is 0.931 bits per heavy atom. The summed E-state index contributed by atoms with van der Waals surface area (Å²) in [5.74, 6) is 1.42. The van der Waals surface area contributed by atoms with Crippen molar-refractivity contribution in [3.8, 4) is 22.6 Å². The highest BCUT2D eigenvalue weighted by Crippen LogP contribution is 2.32. The van der Waals surface area contributed by atoms with Crippen molar-refractivity contribution < 1.29 is 27.2 Å². The number of alkyl halides is 3. The smallest absolute Gasteiger partial charge is 0.493 e. The van der Waals surface area contributed by atoms with Crippen molar-refractivity contribution >= 4 is 0 Å². The summed E-state index contributed by atoms with van der Waals surface area (Å²) in [7, 11) is 0. The zero-order valence-corrected chi connectivity index (χ0v) is 16.5. The van der Waals surface area contributed by atoms with Gasteiger partial charge in [-0.05, 0) is 73.7 Å². The van der Waals surface area contributed by atoms with Crippen LogP contribution in [0.25, 0.3) is 11.1 Å². The van der Waals surface area contributed by atoms with Gasteiger partial charge >= 0.3 is 6.36 Å². The minimum atomic E-state index is -4.69. The van der Waals surface area contributed by atoms with Gasteiger partial charge in [0.15, 0.2) is 0 Å². The first-order valence-corrected chi connectivity index (χ1v) is 9.24. The van der Waals surface area contributed by atoms with Crippen LogP contribution in [0.4, 0.5) is 13.2 Å². The van der Waals surface area contributed by atoms with E-state index in [1.807, 2.05) is 39.0 Å². The third-order valence-electron chi connectivity index (χ3n) is 4.37. The minimum Gasteiger partial charge on any atom is -0.493 e. The Morgan fingerprint density at radius 2 is 1.59 bits per heavy atom. The lowest BCUT2D eigenvalue weighted by Gasteiger charge is -2.15. The average Bonchev–Trinajstić information content (AvgIpc) is 3.05. The number of hydrogen-bond acceptors (Lipinski definition) is 4. The quantitative estimate of drug-likeness (QED) is 0.441. The normalized spacial score (nSPS) is 11.5. The molecule has 0 N–H and O–H groups in total. The van der Waals surface area contributed by atoms with Crippen molar-refractivity contribution in [1.29, 1.82) is 0 Å². The van der Waals surface area contributed by atoms with Crippen LogP contribution in [0.3, 0.4) is 0 Å². The maximum Gasteiger partial charge on any atom is 0.573 e. The standard InChI is InChI=1S/C22H22F3NO3/c1-14-11-18(17-6-8-19(9-7-17)28-22(23,24)25)12-15(2)21(14)27-10-4-5-20-13-16(3)26-29-20/h6-9,11-13H,4-5,10H2,1-3H3. The lowest BCUT2D eigenvalue weighted by Crippen LogP contribution is -2.16. The first-order chi connectivity index (χ1) is 13.7. The van der Waals surface area contributed by atoms with Gasteiger partial charge in [0.25, 0.3) is 0 Å². The van der Waals surface area contributed by atoms with E-state index >= 15 is 0 Å². The molecule has 0 aliphatic rings. The van der Waals surface area contributed by atoms with Crippen LogP contribution >= 0.6 is 0 Å². The Bertz CT molecular complexity index is 939. The summed E-state index contributed by atoms with van der Waals surface area (Å²) in [5, 5.41) is 3.86. The minimum absolute atomic E-state index is 0.239. The molecule has 0 bridgehead atoms. The van der Waals surface area contributed by atoms with E-state index in [-0.39, 0.29) is 5.75 Å². The second kappa shape index (κ2) is 8.59. The zero-order chi connectivity index (χ0) is 21.0. The van der Waals surface area contributed by atoms with Gasteiger partial charge in [-0.25, -0.2) is 0 Å². The molecule has 3 aromatic rings. The molecule has 154 valence electrons. The zero-order valence-electron chi connectivity index (χ0n) is 16.5. The summed E-state index contributed by atoms with van der Waals surface area (Å²) in [4.78, 5) is 0. The Labute approximate surface area is 167 Å². The maximum atomic E-state index is 12.3. The molecule has 0 fully saturated rings. The van der Waals surface area contributed by atoms with E-state index in [0.29, 0.717) is 6.61 Å². The fraction of sp³-hybridized carbons (Fsp3) is 0.318. The molecule has 29 heavy (non-hydrogen) atoms. The molecule has 4 nitrogen and oxygen atoms in total. The summed E-state index contributed by atoms with van der Waals surface area (Å²) in [6.45, 7) is 6.33. The molecule has 0 aliphatic heterocycles. The van der Waals surface area contributed by atoms with Gasteiger partial charge < -0.3 is 14.0 Å². The number of benzene rings is 2. The van der Waals surface area contributed by atoms with Crippen molar-refractivity contribution in [2.75, 3.05) is 6.61 Å². The lowest BCUT2D eigenvalue weighted by molar-refractivity contribution is -0.274. The molecule has 0 saturated heterocycles. The van der Waals surface area contributed by atoms with Crippen LogP contribution in [0, 0.1) is 20.8 Å². The van der Waals surface area contributed by atoms with Gasteiger partial charge in [-0.3, -0.25) is 0 Å². The van der Waals surface area contributed by atoms with Crippen LogP contribution in [-0.2, 0) is 6.42 Å². The first-order valence-electron chi connectivity index (χ1n) is 9.24. The molecule has 0 spiro atoms. The molecule has 0 aliphatic carbocycles. The summed E-state index contributed by atoms with van der Waals surface area (Å²) in [6.07, 6.45) is -3.14. The fourth-order valence-corrected chi connectivity index (χ4v) is 3.15. The van der Waals surface area contributed by atoms with E-state index in [1.165, 1.54) is 12.1 Å². The van der Waals surface area contributed by atoms with Gasteiger partial charge in [0.2, 0.25) is 0 Å². The molecule has 1 heterocycles. The molecule has 3 rings (SSSR count). The molecule has 1 aromatic heterocycles. The summed E-state index contributed by atoms with van der Waals surface area (Å²) >= 11 is 0. The van der Waals surface area contributed by atoms with Crippen molar-refractivity contribution in [1.82, 2.24) is 5.16 Å². The largest absolute Gasteiger partial charge is 0.573 e. The third-order valence-corrected chi connectivity index (χ3v) is 4.37. The van der Waals surface area contributed by atoms with E-state index in [4.69, 9.17) is 9.26 Å². The molecule has 0 saturated carbocycles. The second-order valence-electron chi connectivity index (χ2n) is 6.90. The topological polar surface area (TPSA) is 44.5 Å². The predicted molar refractivity (Wildman–Crippen MR) is 103 cm³/mol. The third kappa shape index (κ3) is 5.76. The Hall–Kier alpha value is -2.96. The highest BCUT2D eigenvalue weighted by atomic mass is 19.4. The van der Waals surface area contributed by atoms with Crippen molar-refractivity contribution in [2.45, 2.75) is 40.0 Å². The first kappa shape index (κ1) is 20.8. The fourth-order valence-electron chi connectivity index (χ4n) is 3.15. The number of aryl methyl sites for hydroxylation is 4. The molecule has 0 amide bonds. The summed E-state index contributed by atoms with van der Waals surface area (Å²) < 4.78 is 51.9. The van der Waals surface area contributed by atoms with Crippen LogP contribution in [0.2, 0.25) is 0 Å². The number of aromatic nitrogens is 1. The van der Waals surface area contributed by atoms with Gasteiger partial charge in [0, 0.05) is 12.5 Å². The van der Waals surface area contributed by atoms with Crippen LogP contribution in [-0.4, -0.2) is 18.1 Å².